The van der Waals surface area contributed by atoms with Crippen LogP contribution in [0.25, 0.3) is 0 Å². The molecule has 1 aliphatic rings. The van der Waals surface area contributed by atoms with Crippen molar-refractivity contribution < 1.29 is 23.7 Å². The first-order valence-electron chi connectivity index (χ1n) is 10.3. The minimum Gasteiger partial charge on any atom is -0.493 e. The molecule has 0 radical (unpaired) electrons. The number of carbonyl (C=O) groups is 1. The smallest absolute Gasteiger partial charge is 0.253 e. The van der Waals surface area contributed by atoms with Crippen molar-refractivity contribution in [3.63, 3.8) is 0 Å². The van der Waals surface area contributed by atoms with Gasteiger partial charge in [-0.05, 0) is 18.8 Å². The fourth-order valence-corrected chi connectivity index (χ4v) is 3.59. The second kappa shape index (κ2) is 13.3. The van der Waals surface area contributed by atoms with E-state index in [1.807, 2.05) is 13.8 Å². The van der Waals surface area contributed by atoms with Gasteiger partial charge >= 0.3 is 0 Å². The first-order valence-corrected chi connectivity index (χ1v) is 10.3. The maximum Gasteiger partial charge on any atom is 0.253 e. The van der Waals surface area contributed by atoms with Crippen LogP contribution in [0.2, 0.25) is 0 Å². The molecule has 1 unspecified atom stereocenters. The van der Waals surface area contributed by atoms with Gasteiger partial charge in [-0.15, -0.1) is 0 Å². The van der Waals surface area contributed by atoms with Crippen molar-refractivity contribution in [2.45, 2.75) is 64.9 Å². The molecular weight excluding hydrogens is 358 g/mol. The third kappa shape index (κ3) is 6.89. The van der Waals surface area contributed by atoms with Crippen LogP contribution in [0.4, 0.5) is 5.69 Å². The highest BCUT2D eigenvalue weighted by molar-refractivity contribution is 5.94. The Balaban J connectivity index is 0.00000190. The molecule has 1 amide bonds. The number of benzene rings is 1. The Morgan fingerprint density at radius 1 is 1.00 bits per heavy atom. The Hall–Kier alpha value is -1.95. The van der Waals surface area contributed by atoms with Crippen LogP contribution < -0.4 is 19.5 Å². The second-order valence-corrected chi connectivity index (χ2v) is 6.71. The van der Waals surface area contributed by atoms with Crippen LogP contribution in [-0.2, 0) is 9.53 Å². The molecule has 28 heavy (non-hydrogen) atoms. The highest BCUT2D eigenvalue weighted by atomic mass is 16.5. The Labute approximate surface area is 169 Å². The van der Waals surface area contributed by atoms with Crippen molar-refractivity contribution in [2.75, 3.05) is 33.8 Å². The molecular formula is C22H37NO5. The van der Waals surface area contributed by atoms with Gasteiger partial charge in [0.2, 0.25) is 5.75 Å². The summed E-state index contributed by atoms with van der Waals surface area (Å²) in [5.74, 6) is 2.05. The van der Waals surface area contributed by atoms with Crippen LogP contribution >= 0.6 is 0 Å². The summed E-state index contributed by atoms with van der Waals surface area (Å²) in [7, 11) is 6.22. The number of rotatable bonds is 9. The van der Waals surface area contributed by atoms with E-state index in [0.717, 1.165) is 18.8 Å². The Morgan fingerprint density at radius 2 is 1.57 bits per heavy atom. The van der Waals surface area contributed by atoms with Crippen LogP contribution in [0, 0.1) is 5.92 Å². The van der Waals surface area contributed by atoms with Crippen LogP contribution in [0.3, 0.4) is 0 Å². The molecule has 1 aliphatic carbocycles. The summed E-state index contributed by atoms with van der Waals surface area (Å²) in [4.78, 5) is 12.6. The number of ether oxygens (including phenoxy) is 4. The molecule has 160 valence electrons. The number of amides is 1. The zero-order chi connectivity index (χ0) is 20.9. The Kier molecular flexibility index (Phi) is 11.4. The third-order valence-electron chi connectivity index (χ3n) is 5.07. The van der Waals surface area contributed by atoms with Crippen molar-refractivity contribution in [2.24, 2.45) is 5.92 Å². The molecule has 0 bridgehead atoms. The Morgan fingerprint density at radius 3 is 2.04 bits per heavy atom. The molecule has 1 aromatic rings. The lowest BCUT2D eigenvalue weighted by molar-refractivity contribution is -0.126. The number of methoxy groups -OCH3 is 4. The molecule has 0 saturated heterocycles. The Bertz CT molecular complexity index is 559. The van der Waals surface area contributed by atoms with Gasteiger partial charge in [0.1, 0.15) is 6.10 Å². The minimum atomic E-state index is -0.462. The third-order valence-corrected chi connectivity index (χ3v) is 5.07. The summed E-state index contributed by atoms with van der Waals surface area (Å²) >= 11 is 0. The van der Waals surface area contributed by atoms with Crippen LogP contribution in [-0.4, -0.2) is 40.5 Å². The maximum atomic E-state index is 12.6. The molecule has 2 rings (SSSR count). The first-order chi connectivity index (χ1) is 13.6. The number of anilines is 1. The van der Waals surface area contributed by atoms with E-state index in [4.69, 9.17) is 18.9 Å². The van der Waals surface area contributed by atoms with E-state index in [1.54, 1.807) is 40.6 Å². The van der Waals surface area contributed by atoms with Gasteiger partial charge in [0, 0.05) is 24.9 Å². The molecule has 1 N–H and O–H groups in total. The molecule has 1 aromatic carbocycles. The second-order valence-electron chi connectivity index (χ2n) is 6.71. The standard InChI is InChI=1S/C20H31NO5.C2H6/c1-23-16(11-10-14-8-6-5-7-9-14)20(22)21-15-12-17(24-2)19(26-4)18(13-15)25-3;1-2/h12-14,16H,5-11H2,1-4H3,(H,21,22);1-2H3. The highest BCUT2D eigenvalue weighted by Gasteiger charge is 2.22. The lowest BCUT2D eigenvalue weighted by Gasteiger charge is -2.23. The summed E-state index contributed by atoms with van der Waals surface area (Å²) in [5, 5.41) is 2.90. The molecule has 0 heterocycles. The summed E-state index contributed by atoms with van der Waals surface area (Å²) in [6, 6.07) is 3.43. The molecule has 0 spiro atoms. The normalized spacial score (nSPS) is 15.1. The van der Waals surface area contributed by atoms with E-state index < -0.39 is 6.10 Å². The van der Waals surface area contributed by atoms with Gasteiger partial charge in [0.15, 0.2) is 11.5 Å². The maximum absolute atomic E-state index is 12.6. The van der Waals surface area contributed by atoms with Crippen molar-refractivity contribution in [1.29, 1.82) is 0 Å². The number of carbonyl (C=O) groups excluding carboxylic acids is 1. The summed E-state index contributed by atoms with van der Waals surface area (Å²) < 4.78 is 21.4. The number of hydrogen-bond donors (Lipinski definition) is 1. The van der Waals surface area contributed by atoms with Crippen molar-refractivity contribution in [3.8, 4) is 17.2 Å². The average Bonchev–Trinajstić information content (AvgIpc) is 2.75. The zero-order valence-electron chi connectivity index (χ0n) is 18.3. The lowest BCUT2D eigenvalue weighted by Crippen LogP contribution is -2.30. The minimum absolute atomic E-state index is 0.155. The van der Waals surface area contributed by atoms with Gasteiger partial charge in [-0.3, -0.25) is 4.79 Å². The summed E-state index contributed by atoms with van der Waals surface area (Å²) in [6.45, 7) is 4.00. The number of nitrogens with one attached hydrogen (secondary N) is 1. The summed E-state index contributed by atoms with van der Waals surface area (Å²) in [6.07, 6.45) is 7.79. The zero-order valence-corrected chi connectivity index (χ0v) is 18.3. The van der Waals surface area contributed by atoms with Crippen molar-refractivity contribution >= 4 is 11.6 Å². The quantitative estimate of drug-likeness (QED) is 0.633. The van der Waals surface area contributed by atoms with Gasteiger partial charge in [-0.25, -0.2) is 0 Å². The molecule has 1 atom stereocenters. The first kappa shape index (κ1) is 24.1. The topological polar surface area (TPSA) is 66.0 Å². The van der Waals surface area contributed by atoms with Crippen molar-refractivity contribution in [1.82, 2.24) is 0 Å². The van der Waals surface area contributed by atoms with Gasteiger partial charge in [-0.1, -0.05) is 46.0 Å². The lowest BCUT2D eigenvalue weighted by atomic mass is 9.85. The molecule has 0 aliphatic heterocycles. The molecule has 1 fully saturated rings. The molecule has 6 nitrogen and oxygen atoms in total. The molecule has 1 saturated carbocycles. The largest absolute Gasteiger partial charge is 0.493 e. The summed E-state index contributed by atoms with van der Waals surface area (Å²) in [5.41, 5.74) is 0.587. The fourth-order valence-electron chi connectivity index (χ4n) is 3.59. The van der Waals surface area contributed by atoms with Gasteiger partial charge in [-0.2, -0.15) is 0 Å². The van der Waals surface area contributed by atoms with Gasteiger partial charge < -0.3 is 24.3 Å². The highest BCUT2D eigenvalue weighted by Crippen LogP contribution is 2.40. The van der Waals surface area contributed by atoms with E-state index in [-0.39, 0.29) is 5.91 Å². The fraction of sp³-hybridized carbons (Fsp3) is 0.682. The van der Waals surface area contributed by atoms with Crippen LogP contribution in [0.1, 0.15) is 58.8 Å². The predicted molar refractivity (Wildman–Crippen MR) is 113 cm³/mol. The molecule has 0 aromatic heterocycles. The predicted octanol–water partition coefficient (Wildman–Crippen LogP) is 5.05. The van der Waals surface area contributed by atoms with E-state index in [0.29, 0.717) is 22.9 Å². The SMILES string of the molecule is CC.COc1cc(NC(=O)C(CCC2CCCCC2)OC)cc(OC)c1OC. The van der Waals surface area contributed by atoms with Gasteiger partial charge in [0.05, 0.1) is 21.3 Å². The van der Waals surface area contributed by atoms with E-state index in [9.17, 15) is 4.79 Å². The molecule has 6 heteroatoms. The van der Waals surface area contributed by atoms with Crippen molar-refractivity contribution in [3.05, 3.63) is 12.1 Å². The van der Waals surface area contributed by atoms with E-state index in [1.165, 1.54) is 32.1 Å². The van der Waals surface area contributed by atoms with E-state index in [2.05, 4.69) is 5.32 Å². The van der Waals surface area contributed by atoms with Crippen LogP contribution in [0.5, 0.6) is 17.2 Å². The monoisotopic (exact) mass is 395 g/mol. The number of hydrogen-bond acceptors (Lipinski definition) is 5. The van der Waals surface area contributed by atoms with Gasteiger partial charge in [0.25, 0.3) is 5.91 Å². The average molecular weight is 396 g/mol. The van der Waals surface area contributed by atoms with Crippen LogP contribution in [0.15, 0.2) is 12.1 Å². The van der Waals surface area contributed by atoms with E-state index >= 15 is 0 Å².